The first kappa shape index (κ1) is 16.6. The number of benzene rings is 2. The predicted molar refractivity (Wildman–Crippen MR) is 103 cm³/mol. The van der Waals surface area contributed by atoms with Crippen LogP contribution in [0.3, 0.4) is 0 Å². The Morgan fingerprint density at radius 1 is 1.08 bits per heavy atom. The predicted octanol–water partition coefficient (Wildman–Crippen LogP) is 4.05. The van der Waals surface area contributed by atoms with Gasteiger partial charge in [-0.25, -0.2) is 9.78 Å². The summed E-state index contributed by atoms with van der Waals surface area (Å²) in [4.78, 5) is 18.7. The molecule has 2 aromatic carbocycles. The standard InChI is InChI=1S/C21H23N3O2/c1-15-9-11-23(12-10-15)17-4-6-18(7-5-17)24-14-22-19-8-3-16(13-20(19)24)21(25)26-2/h3-8,13-15H,9-12H2,1-2H3. The molecule has 0 atom stereocenters. The van der Waals surface area contributed by atoms with Gasteiger partial charge in [-0.1, -0.05) is 6.92 Å². The van der Waals surface area contributed by atoms with Crippen LogP contribution in [0.15, 0.2) is 48.8 Å². The Morgan fingerprint density at radius 3 is 2.46 bits per heavy atom. The molecule has 2 heterocycles. The monoisotopic (exact) mass is 349 g/mol. The smallest absolute Gasteiger partial charge is 0.337 e. The molecule has 1 saturated heterocycles. The number of hydrogen-bond donors (Lipinski definition) is 0. The van der Waals surface area contributed by atoms with Crippen LogP contribution in [0.25, 0.3) is 16.7 Å². The van der Waals surface area contributed by atoms with Crippen molar-refractivity contribution in [3.05, 3.63) is 54.4 Å². The molecule has 0 unspecified atom stereocenters. The van der Waals surface area contributed by atoms with E-state index < -0.39 is 0 Å². The van der Waals surface area contributed by atoms with Gasteiger partial charge in [0.1, 0.15) is 6.33 Å². The van der Waals surface area contributed by atoms with E-state index >= 15 is 0 Å². The number of hydrogen-bond acceptors (Lipinski definition) is 4. The van der Waals surface area contributed by atoms with Crippen LogP contribution in [0.2, 0.25) is 0 Å². The lowest BCUT2D eigenvalue weighted by atomic mass is 9.99. The van der Waals surface area contributed by atoms with E-state index in [0.717, 1.165) is 35.7 Å². The summed E-state index contributed by atoms with van der Waals surface area (Å²) in [6.07, 6.45) is 4.30. The maximum absolute atomic E-state index is 11.8. The molecule has 26 heavy (non-hydrogen) atoms. The summed E-state index contributed by atoms with van der Waals surface area (Å²) in [6.45, 7) is 4.57. The number of ether oxygens (including phenoxy) is 1. The molecular weight excluding hydrogens is 326 g/mol. The Hall–Kier alpha value is -2.82. The van der Waals surface area contributed by atoms with Crippen molar-refractivity contribution in [3.63, 3.8) is 0 Å². The fourth-order valence-electron chi connectivity index (χ4n) is 3.55. The topological polar surface area (TPSA) is 47.4 Å². The molecule has 4 rings (SSSR count). The highest BCUT2D eigenvalue weighted by molar-refractivity contribution is 5.94. The summed E-state index contributed by atoms with van der Waals surface area (Å²) in [5.74, 6) is 0.487. The fourth-order valence-corrected chi connectivity index (χ4v) is 3.55. The lowest BCUT2D eigenvalue weighted by Gasteiger charge is -2.32. The second-order valence-corrected chi connectivity index (χ2v) is 7.00. The van der Waals surface area contributed by atoms with Gasteiger partial charge >= 0.3 is 5.97 Å². The van der Waals surface area contributed by atoms with Crippen LogP contribution in [0.1, 0.15) is 30.1 Å². The van der Waals surface area contributed by atoms with Crippen molar-refractivity contribution in [2.75, 3.05) is 25.1 Å². The molecule has 0 saturated carbocycles. The molecule has 1 aliphatic rings. The van der Waals surface area contributed by atoms with Crippen LogP contribution >= 0.6 is 0 Å². The number of fused-ring (bicyclic) bond motifs is 1. The minimum absolute atomic E-state index is 0.339. The molecule has 134 valence electrons. The number of nitrogens with zero attached hydrogens (tertiary/aromatic N) is 3. The van der Waals surface area contributed by atoms with E-state index in [2.05, 4.69) is 41.1 Å². The van der Waals surface area contributed by atoms with E-state index in [1.165, 1.54) is 25.6 Å². The van der Waals surface area contributed by atoms with E-state index in [4.69, 9.17) is 4.74 Å². The molecule has 0 radical (unpaired) electrons. The van der Waals surface area contributed by atoms with E-state index in [-0.39, 0.29) is 5.97 Å². The van der Waals surface area contributed by atoms with Gasteiger partial charge in [-0.2, -0.15) is 0 Å². The van der Waals surface area contributed by atoms with Crippen molar-refractivity contribution in [1.29, 1.82) is 0 Å². The Kier molecular flexibility index (Phi) is 4.37. The molecule has 1 fully saturated rings. The van der Waals surface area contributed by atoms with Gasteiger partial charge in [-0.3, -0.25) is 4.57 Å². The van der Waals surface area contributed by atoms with Gasteiger partial charge in [0, 0.05) is 24.5 Å². The third-order valence-corrected chi connectivity index (χ3v) is 5.24. The van der Waals surface area contributed by atoms with Gasteiger partial charge in [0.2, 0.25) is 0 Å². The summed E-state index contributed by atoms with van der Waals surface area (Å²) in [7, 11) is 1.39. The Balaban J connectivity index is 1.64. The van der Waals surface area contributed by atoms with E-state index in [9.17, 15) is 4.79 Å². The van der Waals surface area contributed by atoms with E-state index in [1.807, 2.05) is 16.7 Å². The van der Waals surface area contributed by atoms with Gasteiger partial charge < -0.3 is 9.64 Å². The maximum Gasteiger partial charge on any atom is 0.337 e. The van der Waals surface area contributed by atoms with Gasteiger partial charge in [0.05, 0.1) is 23.7 Å². The van der Waals surface area contributed by atoms with Gasteiger partial charge in [0.25, 0.3) is 0 Å². The van der Waals surface area contributed by atoms with E-state index in [1.54, 1.807) is 12.4 Å². The summed E-state index contributed by atoms with van der Waals surface area (Å²) < 4.78 is 6.83. The number of esters is 1. The zero-order valence-electron chi connectivity index (χ0n) is 15.2. The second kappa shape index (κ2) is 6.83. The summed E-state index contributed by atoms with van der Waals surface area (Å²) in [5, 5.41) is 0. The summed E-state index contributed by atoms with van der Waals surface area (Å²) >= 11 is 0. The third kappa shape index (κ3) is 3.05. The van der Waals surface area contributed by atoms with Crippen molar-refractivity contribution in [2.45, 2.75) is 19.8 Å². The number of methoxy groups -OCH3 is 1. The van der Waals surface area contributed by atoms with Gasteiger partial charge in [-0.05, 0) is 61.2 Å². The molecule has 1 aliphatic heterocycles. The highest BCUT2D eigenvalue weighted by atomic mass is 16.5. The highest BCUT2D eigenvalue weighted by Gasteiger charge is 2.16. The molecule has 0 spiro atoms. The SMILES string of the molecule is COC(=O)c1ccc2ncn(-c3ccc(N4CCC(C)CC4)cc3)c2c1. The van der Waals surface area contributed by atoms with Crippen molar-refractivity contribution in [3.8, 4) is 5.69 Å². The minimum atomic E-state index is -0.339. The van der Waals surface area contributed by atoms with Crippen LogP contribution in [0, 0.1) is 5.92 Å². The molecular formula is C21H23N3O2. The third-order valence-electron chi connectivity index (χ3n) is 5.24. The molecule has 0 aliphatic carbocycles. The average molecular weight is 349 g/mol. The molecule has 1 aromatic heterocycles. The summed E-state index contributed by atoms with van der Waals surface area (Å²) in [5.41, 5.74) is 4.57. The Bertz CT molecular complexity index is 922. The highest BCUT2D eigenvalue weighted by Crippen LogP contribution is 2.25. The Labute approximate surface area is 153 Å². The van der Waals surface area contributed by atoms with Crippen molar-refractivity contribution in [2.24, 2.45) is 5.92 Å². The largest absolute Gasteiger partial charge is 0.465 e. The number of carbonyl (C=O) groups excluding carboxylic acids is 1. The van der Waals surface area contributed by atoms with Crippen LogP contribution in [-0.4, -0.2) is 35.7 Å². The second-order valence-electron chi connectivity index (χ2n) is 7.00. The maximum atomic E-state index is 11.8. The first-order chi connectivity index (χ1) is 12.7. The lowest BCUT2D eigenvalue weighted by molar-refractivity contribution is 0.0601. The van der Waals surface area contributed by atoms with E-state index in [0.29, 0.717) is 5.56 Å². The summed E-state index contributed by atoms with van der Waals surface area (Å²) in [6, 6.07) is 14.0. The van der Waals surface area contributed by atoms with Crippen LogP contribution in [0.4, 0.5) is 5.69 Å². The number of anilines is 1. The van der Waals surface area contributed by atoms with Crippen molar-refractivity contribution < 1.29 is 9.53 Å². The Morgan fingerprint density at radius 2 is 1.77 bits per heavy atom. The number of aromatic nitrogens is 2. The molecule has 3 aromatic rings. The first-order valence-electron chi connectivity index (χ1n) is 9.06. The van der Waals surface area contributed by atoms with Crippen molar-refractivity contribution in [1.82, 2.24) is 9.55 Å². The fraction of sp³-hybridized carbons (Fsp3) is 0.333. The van der Waals surface area contributed by atoms with Gasteiger partial charge in [-0.15, -0.1) is 0 Å². The molecule has 0 amide bonds. The zero-order valence-corrected chi connectivity index (χ0v) is 15.2. The van der Waals surface area contributed by atoms with Crippen LogP contribution in [-0.2, 0) is 4.74 Å². The molecule has 0 bridgehead atoms. The molecule has 5 heteroatoms. The first-order valence-corrected chi connectivity index (χ1v) is 9.06. The van der Waals surface area contributed by atoms with Crippen LogP contribution in [0.5, 0.6) is 0 Å². The normalized spacial score (nSPS) is 15.4. The van der Waals surface area contributed by atoms with Crippen molar-refractivity contribution >= 4 is 22.7 Å². The minimum Gasteiger partial charge on any atom is -0.465 e. The van der Waals surface area contributed by atoms with Gasteiger partial charge in [0.15, 0.2) is 0 Å². The molecule has 5 nitrogen and oxygen atoms in total. The number of piperidine rings is 1. The number of imidazole rings is 1. The zero-order chi connectivity index (χ0) is 18.1. The number of rotatable bonds is 3. The quantitative estimate of drug-likeness (QED) is 0.669. The molecule has 0 N–H and O–H groups in total. The lowest BCUT2D eigenvalue weighted by Crippen LogP contribution is -2.32. The van der Waals surface area contributed by atoms with Crippen LogP contribution < -0.4 is 4.90 Å². The number of carbonyl (C=O) groups is 1. The average Bonchev–Trinajstić information content (AvgIpc) is 3.11.